The highest BCUT2D eigenvalue weighted by atomic mass is 32.1. The molecule has 102 valence electrons. The van der Waals surface area contributed by atoms with Crippen molar-refractivity contribution >= 4 is 22.2 Å². The lowest BCUT2D eigenvalue weighted by Gasteiger charge is -2.17. The molecule has 1 amide bonds. The standard InChI is InChI=1S/C14H13N3O2S/c1-8-2-3-9-10(7-15)14(20-12(9)6-8)17-13(18)11-4-5-16-19-11/h4-5,8H,2-3,6H2,1H3,(H,17,18)/t8-/m0/s1. The van der Waals surface area contributed by atoms with Gasteiger partial charge in [-0.25, -0.2) is 0 Å². The molecule has 0 radical (unpaired) electrons. The van der Waals surface area contributed by atoms with Crippen molar-refractivity contribution in [2.75, 3.05) is 5.32 Å². The van der Waals surface area contributed by atoms with Gasteiger partial charge >= 0.3 is 0 Å². The molecule has 5 nitrogen and oxygen atoms in total. The highest BCUT2D eigenvalue weighted by molar-refractivity contribution is 7.16. The number of hydrogen-bond acceptors (Lipinski definition) is 5. The number of carbonyl (C=O) groups excluding carboxylic acids is 1. The Bertz CT molecular complexity index is 682. The lowest BCUT2D eigenvalue weighted by atomic mass is 9.89. The molecule has 1 aliphatic rings. The lowest BCUT2D eigenvalue weighted by molar-refractivity contribution is 0.0988. The summed E-state index contributed by atoms with van der Waals surface area (Å²) in [6.07, 6.45) is 4.40. The number of anilines is 1. The largest absolute Gasteiger partial charge is 0.351 e. The zero-order valence-electron chi connectivity index (χ0n) is 11.0. The molecule has 0 fully saturated rings. The van der Waals surface area contributed by atoms with E-state index in [1.165, 1.54) is 28.5 Å². The zero-order valence-corrected chi connectivity index (χ0v) is 11.8. The molecule has 0 saturated carbocycles. The number of nitriles is 1. The van der Waals surface area contributed by atoms with Gasteiger partial charge in [-0.15, -0.1) is 11.3 Å². The van der Waals surface area contributed by atoms with Crippen LogP contribution in [-0.4, -0.2) is 11.1 Å². The normalized spacial score (nSPS) is 17.3. The van der Waals surface area contributed by atoms with E-state index >= 15 is 0 Å². The Balaban J connectivity index is 1.91. The molecule has 2 aromatic rings. The average Bonchev–Trinajstić information content (AvgIpc) is 3.04. The molecule has 0 aromatic carbocycles. The van der Waals surface area contributed by atoms with Crippen molar-refractivity contribution in [2.24, 2.45) is 5.92 Å². The van der Waals surface area contributed by atoms with Crippen molar-refractivity contribution in [2.45, 2.75) is 26.2 Å². The quantitative estimate of drug-likeness (QED) is 0.921. The van der Waals surface area contributed by atoms with Gasteiger partial charge in [-0.1, -0.05) is 12.1 Å². The van der Waals surface area contributed by atoms with Crippen molar-refractivity contribution in [3.63, 3.8) is 0 Å². The monoisotopic (exact) mass is 287 g/mol. The molecule has 1 aliphatic carbocycles. The minimum Gasteiger partial charge on any atom is -0.351 e. The Morgan fingerprint density at radius 3 is 3.20 bits per heavy atom. The summed E-state index contributed by atoms with van der Waals surface area (Å²) in [5.41, 5.74) is 1.70. The second-order valence-electron chi connectivity index (χ2n) is 5.00. The SMILES string of the molecule is C[C@H]1CCc2c(sc(NC(=O)c3ccno3)c2C#N)C1. The first-order valence-corrected chi connectivity index (χ1v) is 7.27. The zero-order chi connectivity index (χ0) is 14.1. The van der Waals surface area contributed by atoms with Gasteiger partial charge in [0, 0.05) is 10.9 Å². The number of aromatic nitrogens is 1. The van der Waals surface area contributed by atoms with Crippen LogP contribution in [0.2, 0.25) is 0 Å². The second-order valence-corrected chi connectivity index (χ2v) is 6.10. The molecular formula is C14H13N3O2S. The van der Waals surface area contributed by atoms with Crippen molar-refractivity contribution in [1.82, 2.24) is 5.16 Å². The average molecular weight is 287 g/mol. The fourth-order valence-corrected chi connectivity index (χ4v) is 3.81. The van der Waals surface area contributed by atoms with E-state index in [-0.39, 0.29) is 11.7 Å². The van der Waals surface area contributed by atoms with Crippen LogP contribution in [0.1, 0.15) is 39.9 Å². The van der Waals surface area contributed by atoms with Crippen molar-refractivity contribution in [3.05, 3.63) is 34.0 Å². The Labute approximate surface area is 120 Å². The Kier molecular flexibility index (Phi) is 3.28. The van der Waals surface area contributed by atoms with E-state index in [4.69, 9.17) is 4.52 Å². The molecule has 0 aliphatic heterocycles. The molecule has 1 atom stereocenters. The first-order valence-electron chi connectivity index (χ1n) is 6.45. The molecule has 0 bridgehead atoms. The summed E-state index contributed by atoms with van der Waals surface area (Å²) in [7, 11) is 0. The molecule has 0 spiro atoms. The van der Waals surface area contributed by atoms with Crippen LogP contribution >= 0.6 is 11.3 Å². The summed E-state index contributed by atoms with van der Waals surface area (Å²) in [4.78, 5) is 13.2. The fraction of sp³-hybridized carbons (Fsp3) is 0.357. The van der Waals surface area contributed by atoms with E-state index in [1.54, 1.807) is 0 Å². The predicted octanol–water partition coefficient (Wildman–Crippen LogP) is 2.98. The van der Waals surface area contributed by atoms with Crippen LogP contribution in [-0.2, 0) is 12.8 Å². The molecule has 20 heavy (non-hydrogen) atoms. The predicted molar refractivity (Wildman–Crippen MR) is 74.7 cm³/mol. The number of fused-ring (bicyclic) bond motifs is 1. The molecule has 0 saturated heterocycles. The van der Waals surface area contributed by atoms with E-state index in [0.717, 1.165) is 24.8 Å². The maximum Gasteiger partial charge on any atom is 0.294 e. The third kappa shape index (κ3) is 2.21. The Morgan fingerprint density at radius 1 is 1.65 bits per heavy atom. The second kappa shape index (κ2) is 5.10. The van der Waals surface area contributed by atoms with Gasteiger partial charge in [0.05, 0.1) is 11.8 Å². The molecule has 2 heterocycles. The third-order valence-corrected chi connectivity index (χ3v) is 4.68. The molecule has 1 N–H and O–H groups in total. The first-order chi connectivity index (χ1) is 9.69. The van der Waals surface area contributed by atoms with Crippen molar-refractivity contribution < 1.29 is 9.32 Å². The van der Waals surface area contributed by atoms with Crippen molar-refractivity contribution in [1.29, 1.82) is 5.26 Å². The summed E-state index contributed by atoms with van der Waals surface area (Å²) in [6.45, 7) is 2.21. The van der Waals surface area contributed by atoms with Gasteiger partial charge in [0.25, 0.3) is 5.91 Å². The van der Waals surface area contributed by atoms with Gasteiger partial charge in [-0.05, 0) is 30.7 Å². The highest BCUT2D eigenvalue weighted by Crippen LogP contribution is 2.39. The Morgan fingerprint density at radius 2 is 2.50 bits per heavy atom. The van der Waals surface area contributed by atoms with Gasteiger partial charge in [-0.3, -0.25) is 4.79 Å². The first kappa shape index (κ1) is 12.9. The van der Waals surface area contributed by atoms with Crippen LogP contribution in [0, 0.1) is 17.2 Å². The summed E-state index contributed by atoms with van der Waals surface area (Å²) in [5, 5.41) is 16.2. The number of hydrogen-bond donors (Lipinski definition) is 1. The molecular weight excluding hydrogens is 274 g/mol. The summed E-state index contributed by atoms with van der Waals surface area (Å²) >= 11 is 1.50. The van der Waals surface area contributed by atoms with Gasteiger partial charge in [0.1, 0.15) is 11.1 Å². The highest BCUT2D eigenvalue weighted by Gasteiger charge is 2.25. The number of nitrogens with one attached hydrogen (secondary N) is 1. The molecule has 3 rings (SSSR count). The smallest absolute Gasteiger partial charge is 0.294 e. The van der Waals surface area contributed by atoms with Crippen LogP contribution < -0.4 is 5.32 Å². The van der Waals surface area contributed by atoms with Gasteiger partial charge in [0.15, 0.2) is 0 Å². The number of nitrogens with zero attached hydrogens (tertiary/aromatic N) is 2. The van der Waals surface area contributed by atoms with Gasteiger partial charge in [-0.2, -0.15) is 5.26 Å². The van der Waals surface area contributed by atoms with Crippen LogP contribution in [0.3, 0.4) is 0 Å². The lowest BCUT2D eigenvalue weighted by Crippen LogP contribution is -2.11. The van der Waals surface area contributed by atoms with Gasteiger partial charge in [0.2, 0.25) is 5.76 Å². The van der Waals surface area contributed by atoms with Crippen LogP contribution in [0.15, 0.2) is 16.8 Å². The van der Waals surface area contributed by atoms with E-state index in [1.807, 2.05) is 0 Å². The van der Waals surface area contributed by atoms with E-state index in [9.17, 15) is 10.1 Å². The van der Waals surface area contributed by atoms with Crippen LogP contribution in [0.4, 0.5) is 5.00 Å². The van der Waals surface area contributed by atoms with E-state index < -0.39 is 0 Å². The Hall–Kier alpha value is -2.13. The number of carbonyl (C=O) groups is 1. The van der Waals surface area contributed by atoms with Crippen LogP contribution in [0.5, 0.6) is 0 Å². The maximum atomic E-state index is 12.0. The minimum atomic E-state index is -0.370. The summed E-state index contributed by atoms with van der Waals surface area (Å²) < 4.78 is 4.82. The maximum absolute atomic E-state index is 12.0. The topological polar surface area (TPSA) is 78.9 Å². The number of amides is 1. The molecule has 2 aromatic heterocycles. The van der Waals surface area contributed by atoms with E-state index in [2.05, 4.69) is 23.5 Å². The van der Waals surface area contributed by atoms with Crippen LogP contribution in [0.25, 0.3) is 0 Å². The number of rotatable bonds is 2. The van der Waals surface area contributed by atoms with Gasteiger partial charge < -0.3 is 9.84 Å². The molecule has 6 heteroatoms. The van der Waals surface area contributed by atoms with Crippen molar-refractivity contribution in [3.8, 4) is 6.07 Å². The number of thiophene rings is 1. The van der Waals surface area contributed by atoms with E-state index in [0.29, 0.717) is 16.5 Å². The summed E-state index contributed by atoms with van der Waals surface area (Å²) in [6, 6.07) is 3.72. The summed E-state index contributed by atoms with van der Waals surface area (Å²) in [5.74, 6) is 0.407. The molecule has 0 unspecified atom stereocenters. The fourth-order valence-electron chi connectivity index (χ4n) is 2.45. The third-order valence-electron chi connectivity index (χ3n) is 3.51. The minimum absolute atomic E-state index is 0.147.